The lowest BCUT2D eigenvalue weighted by molar-refractivity contribution is 0.0955. The van der Waals surface area contributed by atoms with E-state index in [1.165, 1.54) is 0 Å². The van der Waals surface area contributed by atoms with E-state index in [9.17, 15) is 4.79 Å². The van der Waals surface area contributed by atoms with Gasteiger partial charge in [-0.05, 0) is 30.7 Å². The first kappa shape index (κ1) is 13.2. The van der Waals surface area contributed by atoms with Crippen molar-refractivity contribution in [1.29, 1.82) is 0 Å². The SMILES string of the molecule is CCC/C=N/NC(=O)c1ccc(N(C)C)cc1. The maximum atomic E-state index is 11.7. The van der Waals surface area contributed by atoms with E-state index in [2.05, 4.69) is 17.5 Å². The van der Waals surface area contributed by atoms with E-state index < -0.39 is 0 Å². The van der Waals surface area contributed by atoms with Gasteiger partial charge in [0.2, 0.25) is 0 Å². The van der Waals surface area contributed by atoms with Gasteiger partial charge in [-0.3, -0.25) is 4.79 Å². The van der Waals surface area contributed by atoms with Crippen LogP contribution < -0.4 is 10.3 Å². The Balaban J connectivity index is 2.57. The summed E-state index contributed by atoms with van der Waals surface area (Å²) in [4.78, 5) is 13.6. The summed E-state index contributed by atoms with van der Waals surface area (Å²) in [5.41, 5.74) is 4.18. The minimum absolute atomic E-state index is 0.178. The molecule has 0 spiro atoms. The van der Waals surface area contributed by atoms with Crippen LogP contribution in [0.15, 0.2) is 29.4 Å². The number of unbranched alkanes of at least 4 members (excludes halogenated alkanes) is 1. The van der Waals surface area contributed by atoms with E-state index in [4.69, 9.17) is 0 Å². The van der Waals surface area contributed by atoms with Crippen LogP contribution in [0.5, 0.6) is 0 Å². The average Bonchev–Trinajstić information content (AvgIpc) is 2.34. The maximum absolute atomic E-state index is 11.7. The van der Waals surface area contributed by atoms with Gasteiger partial charge in [0.1, 0.15) is 0 Å². The van der Waals surface area contributed by atoms with Crippen molar-refractivity contribution in [2.45, 2.75) is 19.8 Å². The lowest BCUT2D eigenvalue weighted by atomic mass is 10.2. The Morgan fingerprint density at radius 2 is 2.00 bits per heavy atom. The summed E-state index contributed by atoms with van der Waals surface area (Å²) >= 11 is 0. The fraction of sp³-hybridized carbons (Fsp3) is 0.385. The molecule has 1 rings (SSSR count). The van der Waals surface area contributed by atoms with E-state index in [1.807, 2.05) is 31.1 Å². The molecule has 0 radical (unpaired) electrons. The summed E-state index contributed by atoms with van der Waals surface area (Å²) in [6, 6.07) is 7.40. The molecule has 0 saturated carbocycles. The zero-order valence-corrected chi connectivity index (χ0v) is 10.6. The third kappa shape index (κ3) is 4.26. The normalized spacial score (nSPS) is 10.5. The fourth-order valence-electron chi connectivity index (χ4n) is 1.27. The van der Waals surface area contributed by atoms with Crippen molar-refractivity contribution >= 4 is 17.8 Å². The Kier molecular flexibility index (Phi) is 5.20. The molecule has 4 nitrogen and oxygen atoms in total. The van der Waals surface area contributed by atoms with Crippen molar-refractivity contribution in [3.63, 3.8) is 0 Å². The molecule has 0 fully saturated rings. The Hall–Kier alpha value is -1.84. The first-order valence-electron chi connectivity index (χ1n) is 5.74. The number of carbonyl (C=O) groups is 1. The van der Waals surface area contributed by atoms with E-state index in [1.54, 1.807) is 18.3 Å². The van der Waals surface area contributed by atoms with Gasteiger partial charge in [-0.15, -0.1) is 0 Å². The Labute approximate surface area is 102 Å². The predicted octanol–water partition coefficient (Wildman–Crippen LogP) is 2.27. The van der Waals surface area contributed by atoms with Crippen LogP contribution in [0.1, 0.15) is 30.1 Å². The van der Waals surface area contributed by atoms with Gasteiger partial charge in [0.05, 0.1) is 0 Å². The van der Waals surface area contributed by atoms with Crippen molar-refractivity contribution in [3.8, 4) is 0 Å². The number of benzene rings is 1. The molecule has 92 valence electrons. The van der Waals surface area contributed by atoms with Gasteiger partial charge < -0.3 is 4.90 Å². The first-order valence-corrected chi connectivity index (χ1v) is 5.74. The Bertz CT molecular complexity index is 382. The number of nitrogens with one attached hydrogen (secondary N) is 1. The molecule has 0 atom stereocenters. The van der Waals surface area contributed by atoms with Crippen LogP contribution in [-0.2, 0) is 0 Å². The van der Waals surface area contributed by atoms with Crippen molar-refractivity contribution in [1.82, 2.24) is 5.43 Å². The van der Waals surface area contributed by atoms with E-state index >= 15 is 0 Å². The quantitative estimate of drug-likeness (QED) is 0.626. The molecular weight excluding hydrogens is 214 g/mol. The largest absolute Gasteiger partial charge is 0.378 e. The molecule has 0 unspecified atom stereocenters. The lowest BCUT2D eigenvalue weighted by Crippen LogP contribution is -2.17. The molecule has 0 aromatic heterocycles. The van der Waals surface area contributed by atoms with Gasteiger partial charge in [-0.2, -0.15) is 5.10 Å². The second kappa shape index (κ2) is 6.68. The number of hydrogen-bond acceptors (Lipinski definition) is 3. The molecule has 1 amide bonds. The predicted molar refractivity (Wildman–Crippen MR) is 71.6 cm³/mol. The molecule has 4 heteroatoms. The highest BCUT2D eigenvalue weighted by Gasteiger charge is 2.03. The molecule has 1 N–H and O–H groups in total. The number of carbonyl (C=O) groups excluding carboxylic acids is 1. The van der Waals surface area contributed by atoms with Crippen LogP contribution >= 0.6 is 0 Å². The fourth-order valence-corrected chi connectivity index (χ4v) is 1.27. The third-order valence-corrected chi connectivity index (χ3v) is 2.32. The molecule has 1 aromatic rings. The van der Waals surface area contributed by atoms with E-state index in [0.717, 1.165) is 18.5 Å². The molecule has 1 aromatic carbocycles. The van der Waals surface area contributed by atoms with Crippen LogP contribution in [0.25, 0.3) is 0 Å². The van der Waals surface area contributed by atoms with Gasteiger partial charge in [-0.1, -0.05) is 13.3 Å². The van der Waals surface area contributed by atoms with Crippen molar-refractivity contribution < 1.29 is 4.79 Å². The summed E-state index contributed by atoms with van der Waals surface area (Å²) < 4.78 is 0. The number of anilines is 1. The van der Waals surface area contributed by atoms with Gasteiger partial charge in [0.25, 0.3) is 5.91 Å². The van der Waals surface area contributed by atoms with Gasteiger partial charge >= 0.3 is 0 Å². The number of rotatable bonds is 5. The van der Waals surface area contributed by atoms with Gasteiger partial charge in [0, 0.05) is 31.6 Å². The molecule has 0 bridgehead atoms. The first-order chi connectivity index (χ1) is 8.15. The highest BCUT2D eigenvalue weighted by Crippen LogP contribution is 2.11. The number of hydrazone groups is 1. The maximum Gasteiger partial charge on any atom is 0.271 e. The molecule has 0 saturated heterocycles. The smallest absolute Gasteiger partial charge is 0.271 e. The molecule has 0 aliphatic carbocycles. The third-order valence-electron chi connectivity index (χ3n) is 2.32. The molecule has 0 aliphatic rings. The average molecular weight is 233 g/mol. The van der Waals surface area contributed by atoms with Gasteiger partial charge in [0.15, 0.2) is 0 Å². The second-order valence-corrected chi connectivity index (χ2v) is 3.98. The van der Waals surface area contributed by atoms with Crippen molar-refractivity contribution in [3.05, 3.63) is 29.8 Å². The highest BCUT2D eigenvalue weighted by molar-refractivity contribution is 5.94. The Morgan fingerprint density at radius 3 is 2.53 bits per heavy atom. The summed E-state index contributed by atoms with van der Waals surface area (Å²) in [6.07, 6.45) is 3.61. The summed E-state index contributed by atoms with van der Waals surface area (Å²) in [7, 11) is 3.92. The summed E-state index contributed by atoms with van der Waals surface area (Å²) in [6.45, 7) is 2.06. The summed E-state index contributed by atoms with van der Waals surface area (Å²) in [5, 5.41) is 3.86. The molecule has 17 heavy (non-hydrogen) atoms. The standard InChI is InChI=1S/C13H19N3O/c1-4-5-10-14-15-13(17)11-6-8-12(9-7-11)16(2)3/h6-10H,4-5H2,1-3H3,(H,15,17)/b14-10+. The number of nitrogens with zero attached hydrogens (tertiary/aromatic N) is 2. The van der Waals surface area contributed by atoms with E-state index in [0.29, 0.717) is 5.56 Å². The second-order valence-electron chi connectivity index (χ2n) is 3.98. The summed E-state index contributed by atoms with van der Waals surface area (Å²) in [5.74, 6) is -0.178. The monoisotopic (exact) mass is 233 g/mol. The van der Waals surface area contributed by atoms with E-state index in [-0.39, 0.29) is 5.91 Å². The molecule has 0 heterocycles. The van der Waals surface area contributed by atoms with Crippen LogP contribution in [0.2, 0.25) is 0 Å². The zero-order valence-electron chi connectivity index (χ0n) is 10.6. The van der Waals surface area contributed by atoms with Gasteiger partial charge in [-0.25, -0.2) is 5.43 Å². The van der Waals surface area contributed by atoms with Crippen LogP contribution in [0.4, 0.5) is 5.69 Å². The Morgan fingerprint density at radius 1 is 1.35 bits per heavy atom. The molecule has 0 aliphatic heterocycles. The van der Waals surface area contributed by atoms with Crippen LogP contribution in [0, 0.1) is 0 Å². The number of hydrogen-bond donors (Lipinski definition) is 1. The minimum Gasteiger partial charge on any atom is -0.378 e. The highest BCUT2D eigenvalue weighted by atomic mass is 16.2. The van der Waals surface area contributed by atoms with Crippen LogP contribution in [0.3, 0.4) is 0 Å². The van der Waals surface area contributed by atoms with Crippen molar-refractivity contribution in [2.75, 3.05) is 19.0 Å². The molecular formula is C13H19N3O. The minimum atomic E-state index is -0.178. The van der Waals surface area contributed by atoms with Crippen LogP contribution in [-0.4, -0.2) is 26.2 Å². The van der Waals surface area contributed by atoms with Crippen molar-refractivity contribution in [2.24, 2.45) is 5.10 Å². The topological polar surface area (TPSA) is 44.7 Å². The number of amides is 1. The lowest BCUT2D eigenvalue weighted by Gasteiger charge is -2.12. The zero-order chi connectivity index (χ0) is 12.7.